The van der Waals surface area contributed by atoms with Gasteiger partial charge in [-0.1, -0.05) is 29.8 Å². The van der Waals surface area contributed by atoms with E-state index in [9.17, 15) is 13.2 Å². The number of hydrogen-bond acceptors (Lipinski definition) is 5. The minimum atomic E-state index is -3.49. The molecule has 0 saturated carbocycles. The van der Waals surface area contributed by atoms with Gasteiger partial charge in [0.2, 0.25) is 22.7 Å². The molecule has 1 aliphatic rings. The Morgan fingerprint density at radius 3 is 2.68 bits per heavy atom. The van der Waals surface area contributed by atoms with E-state index in [2.05, 4.69) is 5.32 Å². The van der Waals surface area contributed by atoms with Crippen LogP contribution in [0.2, 0.25) is 0 Å². The summed E-state index contributed by atoms with van der Waals surface area (Å²) in [5.74, 6) is 0.996. The van der Waals surface area contributed by atoms with Crippen LogP contribution in [-0.2, 0) is 21.4 Å². The van der Waals surface area contributed by atoms with Crippen molar-refractivity contribution < 1.29 is 22.7 Å². The van der Waals surface area contributed by atoms with Gasteiger partial charge in [-0.3, -0.25) is 9.10 Å². The van der Waals surface area contributed by atoms with Gasteiger partial charge in [0.1, 0.15) is 0 Å². The lowest BCUT2D eigenvalue weighted by molar-refractivity contribution is -0.121. The summed E-state index contributed by atoms with van der Waals surface area (Å²) in [4.78, 5) is 12.1. The molecule has 7 nitrogen and oxygen atoms in total. The van der Waals surface area contributed by atoms with Gasteiger partial charge in [-0.25, -0.2) is 8.42 Å². The number of sulfonamides is 1. The number of hydrogen-bond donors (Lipinski definition) is 1. The second kappa shape index (κ2) is 8.52. The highest BCUT2D eigenvalue weighted by Crippen LogP contribution is 2.36. The Labute approximate surface area is 165 Å². The third kappa shape index (κ3) is 5.16. The number of anilines is 1. The molecule has 1 N–H and O–H groups in total. The smallest absolute Gasteiger partial charge is 0.232 e. The number of ether oxygens (including phenoxy) is 2. The summed E-state index contributed by atoms with van der Waals surface area (Å²) in [7, 11) is -3.49. The van der Waals surface area contributed by atoms with Gasteiger partial charge in [-0.15, -0.1) is 0 Å². The van der Waals surface area contributed by atoms with Gasteiger partial charge in [0.15, 0.2) is 11.5 Å². The SMILES string of the molecule is Cc1cccc(CNC(=O)CCCN(c2ccc3c(c2)OCO3)S(C)(=O)=O)c1. The number of rotatable bonds is 8. The molecule has 3 rings (SSSR count). The normalized spacial score (nSPS) is 12.6. The molecule has 0 aliphatic carbocycles. The number of nitrogens with one attached hydrogen (secondary N) is 1. The van der Waals surface area contributed by atoms with Gasteiger partial charge < -0.3 is 14.8 Å². The maximum atomic E-state index is 12.2. The molecule has 1 heterocycles. The number of benzene rings is 2. The van der Waals surface area contributed by atoms with Gasteiger partial charge in [0.25, 0.3) is 0 Å². The number of nitrogens with zero attached hydrogens (tertiary/aromatic N) is 1. The zero-order valence-electron chi connectivity index (χ0n) is 16.0. The zero-order chi connectivity index (χ0) is 20.1. The predicted octanol–water partition coefficient (Wildman–Crippen LogP) is 2.59. The molecule has 0 saturated heterocycles. The van der Waals surface area contributed by atoms with Crippen LogP contribution in [0.1, 0.15) is 24.0 Å². The highest BCUT2D eigenvalue weighted by molar-refractivity contribution is 7.92. The quantitative estimate of drug-likeness (QED) is 0.731. The fourth-order valence-electron chi connectivity index (χ4n) is 3.02. The minimum Gasteiger partial charge on any atom is -0.454 e. The summed E-state index contributed by atoms with van der Waals surface area (Å²) in [5.41, 5.74) is 2.66. The van der Waals surface area contributed by atoms with Crippen molar-refractivity contribution >= 4 is 21.6 Å². The summed E-state index contributed by atoms with van der Waals surface area (Å²) in [6, 6.07) is 12.9. The van der Waals surface area contributed by atoms with E-state index in [-0.39, 0.29) is 25.7 Å². The first-order valence-electron chi connectivity index (χ1n) is 9.02. The Hall–Kier alpha value is -2.74. The molecule has 0 atom stereocenters. The molecule has 150 valence electrons. The van der Waals surface area contributed by atoms with Crippen LogP contribution < -0.4 is 19.1 Å². The highest BCUT2D eigenvalue weighted by atomic mass is 32.2. The maximum absolute atomic E-state index is 12.2. The molecule has 8 heteroatoms. The van der Waals surface area contributed by atoms with E-state index >= 15 is 0 Å². The Kier molecular flexibility index (Phi) is 6.08. The molecule has 2 aromatic carbocycles. The fraction of sp³-hybridized carbons (Fsp3) is 0.350. The van der Waals surface area contributed by atoms with Crippen LogP contribution in [0.5, 0.6) is 11.5 Å². The van der Waals surface area contributed by atoms with Crippen LogP contribution in [0.25, 0.3) is 0 Å². The highest BCUT2D eigenvalue weighted by Gasteiger charge is 2.21. The third-order valence-electron chi connectivity index (χ3n) is 4.38. The first kappa shape index (κ1) is 20.0. The van der Waals surface area contributed by atoms with E-state index in [0.717, 1.165) is 17.4 Å². The molecule has 28 heavy (non-hydrogen) atoms. The summed E-state index contributed by atoms with van der Waals surface area (Å²) in [6.07, 6.45) is 1.79. The summed E-state index contributed by atoms with van der Waals surface area (Å²) in [5, 5.41) is 2.87. The molecule has 0 spiro atoms. The topological polar surface area (TPSA) is 84.9 Å². The van der Waals surface area contributed by atoms with Gasteiger partial charge in [-0.2, -0.15) is 0 Å². The molecular weight excluding hydrogens is 380 g/mol. The molecule has 0 fully saturated rings. The number of carbonyl (C=O) groups excluding carboxylic acids is 1. The van der Waals surface area contributed by atoms with E-state index in [1.54, 1.807) is 18.2 Å². The zero-order valence-corrected chi connectivity index (χ0v) is 16.8. The Morgan fingerprint density at radius 1 is 1.14 bits per heavy atom. The number of amides is 1. The number of aryl methyl sites for hydroxylation is 1. The molecule has 1 aliphatic heterocycles. The van der Waals surface area contributed by atoms with E-state index in [0.29, 0.717) is 30.2 Å². The maximum Gasteiger partial charge on any atom is 0.232 e. The lowest BCUT2D eigenvalue weighted by Crippen LogP contribution is -2.32. The van der Waals surface area contributed by atoms with Crippen molar-refractivity contribution in [1.29, 1.82) is 0 Å². The Bertz CT molecular complexity index is 959. The van der Waals surface area contributed by atoms with Crippen LogP contribution in [-0.4, -0.2) is 33.9 Å². The van der Waals surface area contributed by atoms with Gasteiger partial charge >= 0.3 is 0 Å². The van der Waals surface area contributed by atoms with Gasteiger partial charge in [0.05, 0.1) is 11.9 Å². The van der Waals surface area contributed by atoms with Crippen molar-refractivity contribution in [3.05, 3.63) is 53.6 Å². The van der Waals surface area contributed by atoms with Crippen molar-refractivity contribution in [1.82, 2.24) is 5.32 Å². The van der Waals surface area contributed by atoms with E-state index in [1.807, 2.05) is 31.2 Å². The van der Waals surface area contributed by atoms with Crippen molar-refractivity contribution in [3.63, 3.8) is 0 Å². The lowest BCUT2D eigenvalue weighted by atomic mass is 10.1. The van der Waals surface area contributed by atoms with E-state index in [1.165, 1.54) is 4.31 Å². The first-order chi connectivity index (χ1) is 13.3. The van der Waals surface area contributed by atoms with Crippen molar-refractivity contribution in [2.45, 2.75) is 26.3 Å². The molecule has 0 unspecified atom stereocenters. The predicted molar refractivity (Wildman–Crippen MR) is 107 cm³/mol. The van der Waals surface area contributed by atoms with Crippen LogP contribution in [0, 0.1) is 6.92 Å². The number of fused-ring (bicyclic) bond motifs is 1. The minimum absolute atomic E-state index is 0.111. The monoisotopic (exact) mass is 404 g/mol. The molecule has 0 aromatic heterocycles. The van der Waals surface area contributed by atoms with E-state index in [4.69, 9.17) is 9.47 Å². The van der Waals surface area contributed by atoms with Gasteiger partial charge in [0, 0.05) is 25.6 Å². The summed E-state index contributed by atoms with van der Waals surface area (Å²) in [6.45, 7) is 2.79. The van der Waals surface area contributed by atoms with Crippen LogP contribution in [0.15, 0.2) is 42.5 Å². The van der Waals surface area contributed by atoms with Crippen molar-refractivity contribution in [2.24, 2.45) is 0 Å². The molecule has 1 amide bonds. The first-order valence-corrected chi connectivity index (χ1v) is 10.9. The summed E-state index contributed by atoms with van der Waals surface area (Å²) < 4.78 is 36.3. The third-order valence-corrected chi connectivity index (χ3v) is 5.58. The molecule has 0 radical (unpaired) electrons. The van der Waals surface area contributed by atoms with Gasteiger partial charge in [-0.05, 0) is 31.0 Å². The van der Waals surface area contributed by atoms with Crippen LogP contribution >= 0.6 is 0 Å². The number of carbonyl (C=O) groups is 1. The standard InChI is InChI=1S/C20H24N2O5S/c1-15-5-3-6-16(11-15)13-21-20(23)7-4-10-22(28(2,24)25)17-8-9-18-19(12-17)27-14-26-18/h3,5-6,8-9,11-12H,4,7,10,13-14H2,1-2H3,(H,21,23). The molecule has 0 bridgehead atoms. The van der Waals surface area contributed by atoms with Crippen LogP contribution in [0.4, 0.5) is 5.69 Å². The average Bonchev–Trinajstić information content (AvgIpc) is 3.10. The molecular formula is C20H24N2O5S. The van der Waals surface area contributed by atoms with Crippen molar-refractivity contribution in [3.8, 4) is 11.5 Å². The largest absolute Gasteiger partial charge is 0.454 e. The summed E-state index contributed by atoms with van der Waals surface area (Å²) >= 11 is 0. The molecule has 2 aromatic rings. The Balaban J connectivity index is 1.55. The lowest BCUT2D eigenvalue weighted by Gasteiger charge is -2.22. The average molecular weight is 404 g/mol. The second-order valence-corrected chi connectivity index (χ2v) is 8.65. The van der Waals surface area contributed by atoms with E-state index < -0.39 is 10.0 Å². The fourth-order valence-corrected chi connectivity index (χ4v) is 3.98. The second-order valence-electron chi connectivity index (χ2n) is 6.74. The Morgan fingerprint density at radius 2 is 1.93 bits per heavy atom. The van der Waals surface area contributed by atoms with Crippen molar-refractivity contribution in [2.75, 3.05) is 23.9 Å². The van der Waals surface area contributed by atoms with Crippen LogP contribution in [0.3, 0.4) is 0 Å².